The Morgan fingerprint density at radius 1 is 1.00 bits per heavy atom. The summed E-state index contributed by atoms with van der Waals surface area (Å²) in [7, 11) is 0. The SMILES string of the molecule is FN(F)F.N.[Ar]. The van der Waals surface area contributed by atoms with Crippen molar-refractivity contribution in [2.45, 2.75) is 0 Å². The monoisotopic (exact) mass is 128 g/mol. The minimum atomic E-state index is -2.50. The van der Waals surface area contributed by atoms with Gasteiger partial charge >= 0.3 is 0 Å². The molecule has 0 bridgehead atoms. The van der Waals surface area contributed by atoms with E-state index in [1.807, 2.05) is 0 Å². The number of halogens is 3. The van der Waals surface area contributed by atoms with Crippen LogP contribution in [0.15, 0.2) is 0 Å². The second-order valence-corrected chi connectivity index (χ2v) is 0.192. The van der Waals surface area contributed by atoms with Gasteiger partial charge in [0.25, 0.3) is 0 Å². The molecule has 0 rings (SSSR count). The second kappa shape index (κ2) is 9.36. The molecule has 6 heavy (non-hydrogen) atoms. The van der Waals surface area contributed by atoms with Crippen LogP contribution < -0.4 is 6.15 Å². The number of rotatable bonds is 0. The molecule has 0 aromatic carbocycles. The van der Waals surface area contributed by atoms with E-state index in [2.05, 4.69) is 0 Å². The van der Waals surface area contributed by atoms with Crippen LogP contribution in [-0.4, -0.2) is 5.57 Å². The van der Waals surface area contributed by atoms with Gasteiger partial charge in [0.2, 0.25) is 0 Å². The van der Waals surface area contributed by atoms with Crippen molar-refractivity contribution >= 4 is 0 Å². The quantitative estimate of drug-likeness (QED) is 0.496. The van der Waals surface area contributed by atoms with E-state index in [9.17, 15) is 13.4 Å². The molecule has 2 nitrogen and oxygen atoms in total. The van der Waals surface area contributed by atoms with E-state index in [1.54, 1.807) is 0 Å². The summed E-state index contributed by atoms with van der Waals surface area (Å²) in [6, 6.07) is 0. The maximum absolute atomic E-state index is 9.50. The van der Waals surface area contributed by atoms with E-state index in [1.165, 1.54) is 0 Å². The number of hydrogen-bond acceptors (Lipinski definition) is 2. The van der Waals surface area contributed by atoms with Crippen LogP contribution in [0.5, 0.6) is 0 Å². The average molecular weight is 128 g/mol. The first-order chi connectivity index (χ1) is 1.73. The first-order valence-corrected chi connectivity index (χ1v) is 0.507. The Kier molecular flexibility index (Phi) is 24.6. The van der Waals surface area contributed by atoms with E-state index in [-0.39, 0.29) is 43.9 Å². The standard InChI is InChI=1S/Ar.F3N.H3N/c;1-4(2)3;/h;;1H3. The molecule has 0 aliphatic heterocycles. The van der Waals surface area contributed by atoms with Crippen molar-refractivity contribution in [1.29, 1.82) is 0 Å². The molecule has 0 saturated heterocycles. The predicted octanol–water partition coefficient (Wildman–Crippen LogP) is 1.10. The number of nitrogens with zero attached hydrogens (tertiary/aromatic N) is 1. The van der Waals surface area contributed by atoms with Crippen LogP contribution in [0.3, 0.4) is 0 Å². The molecule has 0 aliphatic rings. The Hall–Kier alpha value is 0.970. The van der Waals surface area contributed by atoms with E-state index in [4.69, 9.17) is 0 Å². The summed E-state index contributed by atoms with van der Waals surface area (Å²) in [5.74, 6) is 0. The molecule has 0 aliphatic carbocycles. The minimum Gasteiger partial charge on any atom is -0.344 e. The Morgan fingerprint density at radius 2 is 1.00 bits per heavy atom. The van der Waals surface area contributed by atoms with Gasteiger partial charge in [0, 0.05) is 37.7 Å². The Balaban J connectivity index is -0.0000000450. The zero-order chi connectivity index (χ0) is 3.58. The molecule has 0 unspecified atom stereocenters. The molecule has 0 atom stereocenters. The molecule has 3 N–H and O–H groups in total. The van der Waals surface area contributed by atoms with Crippen LogP contribution in [0.2, 0.25) is 0 Å². The number of hydrogen-bond donors (Lipinski definition) is 1. The van der Waals surface area contributed by atoms with Crippen molar-refractivity contribution in [3.05, 3.63) is 0 Å². The maximum Gasteiger partial charge on any atom is 0.199 e. The van der Waals surface area contributed by atoms with E-state index in [0.717, 1.165) is 0 Å². The van der Waals surface area contributed by atoms with Crippen LogP contribution in [0.1, 0.15) is 0 Å². The third kappa shape index (κ3) is 83.3. The molecular weight excluding hydrogens is 125 g/mol. The first-order valence-electron chi connectivity index (χ1n) is 0.507. The van der Waals surface area contributed by atoms with Crippen molar-refractivity contribution in [3.8, 4) is 0 Å². The summed E-state index contributed by atoms with van der Waals surface area (Å²) >= 11 is 0. The molecule has 0 aromatic rings. The Morgan fingerprint density at radius 3 is 1.00 bits per heavy atom. The average Bonchev–Trinajstić information content (AvgIpc) is 0.811. The van der Waals surface area contributed by atoms with Crippen molar-refractivity contribution in [2.24, 2.45) is 0 Å². The van der Waals surface area contributed by atoms with Gasteiger partial charge in [-0.3, -0.25) is 0 Å². The van der Waals surface area contributed by atoms with Gasteiger partial charge in [0.1, 0.15) is 0 Å². The van der Waals surface area contributed by atoms with Gasteiger partial charge in [0.15, 0.2) is 5.57 Å². The first kappa shape index (κ1) is 15.8. The minimum absolute atomic E-state index is 0. The van der Waals surface area contributed by atoms with Crippen LogP contribution in [0, 0.1) is 37.7 Å². The van der Waals surface area contributed by atoms with E-state index >= 15 is 0 Å². The summed E-state index contributed by atoms with van der Waals surface area (Å²) in [5.41, 5.74) is -2.50. The van der Waals surface area contributed by atoms with Gasteiger partial charge in [-0.1, -0.05) is 13.4 Å². The largest absolute Gasteiger partial charge is 0.344 e. The van der Waals surface area contributed by atoms with Crippen molar-refractivity contribution < 1.29 is 51.2 Å². The normalized spacial score (nSPS) is 6.00. The predicted molar refractivity (Wildman–Crippen MR) is 10.2 cm³/mol. The van der Waals surface area contributed by atoms with Crippen molar-refractivity contribution in [3.63, 3.8) is 0 Å². The van der Waals surface area contributed by atoms with Crippen LogP contribution >= 0.6 is 0 Å². The van der Waals surface area contributed by atoms with E-state index in [0.29, 0.717) is 0 Å². The van der Waals surface area contributed by atoms with Gasteiger partial charge in [-0.05, 0) is 0 Å². The fourth-order valence-corrected chi connectivity index (χ4v) is 0. The van der Waals surface area contributed by atoms with Gasteiger partial charge in [0.05, 0.1) is 0 Å². The molecule has 0 spiro atoms. The molecule has 0 saturated carbocycles. The summed E-state index contributed by atoms with van der Waals surface area (Å²) in [4.78, 5) is 0. The molecule has 6 heteroatoms. The van der Waals surface area contributed by atoms with Crippen molar-refractivity contribution in [2.75, 3.05) is 0 Å². The topological polar surface area (TPSA) is 38.2 Å². The molecule has 0 fully saturated rings. The fourth-order valence-electron chi connectivity index (χ4n) is 0. The van der Waals surface area contributed by atoms with E-state index < -0.39 is 5.57 Å². The van der Waals surface area contributed by atoms with Crippen LogP contribution in [-0.2, 0) is 0 Å². The van der Waals surface area contributed by atoms with Gasteiger partial charge < -0.3 is 6.15 Å². The molecule has 0 heterocycles. The molecule has 0 radical (unpaired) electrons. The zero-order valence-electron chi connectivity index (χ0n) is 2.64. The fraction of sp³-hybridized carbons (Fsp3) is 0. The molecule has 0 aromatic heterocycles. The van der Waals surface area contributed by atoms with Gasteiger partial charge in [-0.2, -0.15) is 0 Å². The Labute approximate surface area is 62.7 Å². The van der Waals surface area contributed by atoms with Crippen LogP contribution in [0.4, 0.5) is 13.4 Å². The Bertz CT molecular complexity index is 13.5. The summed E-state index contributed by atoms with van der Waals surface area (Å²) in [5, 5.41) is 0. The summed E-state index contributed by atoms with van der Waals surface area (Å²) in [6.45, 7) is 0. The van der Waals surface area contributed by atoms with Gasteiger partial charge in [-0.25, -0.2) is 0 Å². The maximum atomic E-state index is 9.50. The zero-order valence-corrected chi connectivity index (χ0v) is 3.35. The van der Waals surface area contributed by atoms with Gasteiger partial charge in [-0.15, -0.1) is 0 Å². The second-order valence-electron chi connectivity index (χ2n) is 0.192. The molecule has 42 valence electrons. The molecular formula is H3ArF3N2. The van der Waals surface area contributed by atoms with Crippen LogP contribution in [0.25, 0.3) is 0 Å². The third-order valence-electron chi connectivity index (χ3n) is 0. The third-order valence-corrected chi connectivity index (χ3v) is 0. The summed E-state index contributed by atoms with van der Waals surface area (Å²) < 4.78 is 28.5. The smallest absolute Gasteiger partial charge is 0.199 e. The summed E-state index contributed by atoms with van der Waals surface area (Å²) in [6.07, 6.45) is 0. The molecule has 0 amide bonds. The van der Waals surface area contributed by atoms with Crippen molar-refractivity contribution in [1.82, 2.24) is 11.7 Å².